The van der Waals surface area contributed by atoms with Crippen molar-refractivity contribution in [3.63, 3.8) is 0 Å². The van der Waals surface area contributed by atoms with Gasteiger partial charge in [-0.25, -0.2) is 0 Å². The van der Waals surface area contributed by atoms with Crippen molar-refractivity contribution >= 4 is 40.2 Å². The summed E-state index contributed by atoms with van der Waals surface area (Å²) in [7, 11) is 2.02. The van der Waals surface area contributed by atoms with Crippen LogP contribution < -0.4 is 0 Å². The molecule has 1 heterocycles. The summed E-state index contributed by atoms with van der Waals surface area (Å²) in [6.45, 7) is 1.74. The van der Waals surface area contributed by atoms with E-state index in [-0.39, 0.29) is 38.5 Å². The Labute approximate surface area is 121 Å². The predicted octanol–water partition coefficient (Wildman–Crippen LogP) is 3.01. The van der Waals surface area contributed by atoms with Crippen molar-refractivity contribution in [3.8, 4) is 11.5 Å². The van der Waals surface area contributed by atoms with Crippen molar-refractivity contribution in [2.75, 3.05) is 20.1 Å². The molecule has 0 amide bonds. The predicted molar refractivity (Wildman–Crippen MR) is 75.0 cm³/mol. The zero-order chi connectivity index (χ0) is 11.9. The van der Waals surface area contributed by atoms with Crippen molar-refractivity contribution in [2.45, 2.75) is 12.8 Å². The Morgan fingerprint density at radius 3 is 1.65 bits per heavy atom. The van der Waals surface area contributed by atoms with E-state index in [0.717, 1.165) is 37.1 Å². The number of halogens is 3. The molecule has 1 aromatic carbocycles. The first-order chi connectivity index (χ1) is 7.52. The van der Waals surface area contributed by atoms with Crippen LogP contribution in [0, 0.1) is 0 Å². The first kappa shape index (κ1) is 14.9. The summed E-state index contributed by atoms with van der Waals surface area (Å²) in [6.07, 6.45) is 1.47. The minimum atomic E-state index is -0.310. The van der Waals surface area contributed by atoms with Gasteiger partial charge in [-0.1, -0.05) is 23.2 Å². The lowest BCUT2D eigenvalue weighted by Crippen LogP contribution is -2.20. The fourth-order valence-electron chi connectivity index (χ4n) is 2.00. The van der Waals surface area contributed by atoms with Crippen molar-refractivity contribution in [1.29, 1.82) is 0 Å². The third-order valence-corrected chi connectivity index (χ3v) is 3.84. The van der Waals surface area contributed by atoms with E-state index in [9.17, 15) is 10.2 Å². The maximum absolute atomic E-state index is 9.62. The average molecular weight is 343 g/mol. The number of likely N-dealkylation sites (N-methyl/N-ethyl adjacent to an activating group) is 1. The second-order valence-electron chi connectivity index (χ2n) is 4.09. The largest absolute Gasteiger partial charge is 0.503 e. The summed E-state index contributed by atoms with van der Waals surface area (Å²) < 4.78 is 0. The van der Waals surface area contributed by atoms with Gasteiger partial charge in [0.05, 0.1) is 10.0 Å². The van der Waals surface area contributed by atoms with Gasteiger partial charge in [0, 0.05) is 13.1 Å². The molecule has 1 aromatic rings. The topological polar surface area (TPSA) is 43.7 Å². The number of benzene rings is 1. The first-order valence-corrected chi connectivity index (χ1v) is 5.87. The van der Waals surface area contributed by atoms with Crippen LogP contribution in [0.4, 0.5) is 0 Å². The van der Waals surface area contributed by atoms with Crippen molar-refractivity contribution < 1.29 is 10.2 Å². The second kappa shape index (κ2) is 5.65. The molecule has 1 aliphatic heterocycles. The molecule has 2 rings (SSSR count). The maximum Gasteiger partial charge on any atom is 0.178 e. The van der Waals surface area contributed by atoms with Gasteiger partial charge in [-0.3, -0.25) is 0 Å². The highest BCUT2D eigenvalue weighted by molar-refractivity contribution is 8.93. The second-order valence-corrected chi connectivity index (χ2v) is 4.84. The number of fused-ring (bicyclic) bond motifs is 1. The lowest BCUT2D eigenvalue weighted by molar-refractivity contribution is 0.352. The molecule has 0 bridgehead atoms. The Morgan fingerprint density at radius 2 is 1.29 bits per heavy atom. The van der Waals surface area contributed by atoms with Crippen LogP contribution in [0.1, 0.15) is 11.1 Å². The summed E-state index contributed by atoms with van der Waals surface area (Å²) in [5.74, 6) is -0.620. The van der Waals surface area contributed by atoms with Crippen LogP contribution in [0.15, 0.2) is 0 Å². The molecule has 0 saturated carbocycles. The average Bonchev–Trinajstić information content (AvgIpc) is 2.46. The molecule has 6 heteroatoms. The fraction of sp³-hybridized carbons (Fsp3) is 0.455. The molecule has 0 fully saturated rings. The van der Waals surface area contributed by atoms with Crippen LogP contribution in [-0.2, 0) is 12.8 Å². The highest BCUT2D eigenvalue weighted by Gasteiger charge is 2.23. The summed E-state index contributed by atoms with van der Waals surface area (Å²) in [6, 6.07) is 0. The van der Waals surface area contributed by atoms with Crippen LogP contribution >= 0.6 is 40.2 Å². The third-order valence-electron chi connectivity index (χ3n) is 3.02. The molecule has 0 aliphatic carbocycles. The van der Waals surface area contributed by atoms with E-state index in [4.69, 9.17) is 23.2 Å². The van der Waals surface area contributed by atoms with E-state index in [2.05, 4.69) is 4.90 Å². The summed E-state index contributed by atoms with van der Waals surface area (Å²) in [4.78, 5) is 2.17. The Bertz CT molecular complexity index is 401. The van der Waals surface area contributed by atoms with Gasteiger partial charge in [0.1, 0.15) is 0 Å². The van der Waals surface area contributed by atoms with E-state index in [1.165, 1.54) is 0 Å². The molecule has 96 valence electrons. The molecular weight excluding hydrogens is 329 g/mol. The van der Waals surface area contributed by atoms with Crippen molar-refractivity contribution in [1.82, 2.24) is 4.90 Å². The molecule has 0 saturated heterocycles. The molecule has 0 spiro atoms. The number of aromatic hydroxyl groups is 2. The van der Waals surface area contributed by atoms with Gasteiger partial charge in [-0.05, 0) is 31.0 Å². The fourth-order valence-corrected chi connectivity index (χ4v) is 2.59. The smallest absolute Gasteiger partial charge is 0.178 e. The lowest BCUT2D eigenvalue weighted by Gasteiger charge is -2.13. The zero-order valence-electron chi connectivity index (χ0n) is 9.33. The van der Waals surface area contributed by atoms with Crippen LogP contribution in [0.25, 0.3) is 0 Å². The van der Waals surface area contributed by atoms with E-state index in [0.29, 0.717) is 0 Å². The number of phenolic OH excluding ortho intramolecular Hbond substituents is 2. The molecular formula is C11H14BrCl2NO2. The lowest BCUT2D eigenvalue weighted by atomic mass is 10.0. The Hall–Kier alpha value is -0.160. The zero-order valence-corrected chi connectivity index (χ0v) is 12.6. The number of phenols is 2. The number of rotatable bonds is 0. The molecule has 3 nitrogen and oxygen atoms in total. The molecule has 17 heavy (non-hydrogen) atoms. The summed E-state index contributed by atoms with van der Waals surface area (Å²) in [5.41, 5.74) is 1.71. The van der Waals surface area contributed by atoms with Crippen LogP contribution in [0.3, 0.4) is 0 Å². The third kappa shape index (κ3) is 2.65. The summed E-state index contributed by atoms with van der Waals surface area (Å²) >= 11 is 12.0. The number of nitrogens with zero attached hydrogens (tertiary/aromatic N) is 1. The van der Waals surface area contributed by atoms with Gasteiger partial charge in [0.15, 0.2) is 11.5 Å². The first-order valence-electron chi connectivity index (χ1n) is 5.11. The van der Waals surface area contributed by atoms with E-state index in [1.807, 2.05) is 7.05 Å². The molecule has 2 N–H and O–H groups in total. The van der Waals surface area contributed by atoms with Crippen molar-refractivity contribution in [2.24, 2.45) is 0 Å². The SMILES string of the molecule is Br.CN1CCc2c(Cl)c(O)c(O)c(Cl)c2CC1. The standard InChI is InChI=1S/C11H13Cl2NO2.BrH/c1-14-4-2-6-7(3-5-14)9(13)11(16)10(15)8(6)12;/h15-16H,2-5H2,1H3;1H. The number of hydrogen-bond donors (Lipinski definition) is 2. The number of hydrogen-bond acceptors (Lipinski definition) is 3. The molecule has 0 radical (unpaired) electrons. The van der Waals surface area contributed by atoms with E-state index in [1.54, 1.807) is 0 Å². The highest BCUT2D eigenvalue weighted by atomic mass is 79.9. The van der Waals surface area contributed by atoms with E-state index >= 15 is 0 Å². The molecule has 0 unspecified atom stereocenters. The van der Waals surface area contributed by atoms with Gasteiger partial charge in [-0.15, -0.1) is 17.0 Å². The molecule has 0 aromatic heterocycles. The quantitative estimate of drug-likeness (QED) is 0.712. The summed E-state index contributed by atoms with van der Waals surface area (Å²) in [5, 5.41) is 19.7. The van der Waals surface area contributed by atoms with Gasteiger partial charge >= 0.3 is 0 Å². The van der Waals surface area contributed by atoms with Crippen LogP contribution in [0.2, 0.25) is 10.0 Å². The monoisotopic (exact) mass is 341 g/mol. The Kier molecular flexibility index (Phi) is 4.95. The Balaban J connectivity index is 0.00000144. The minimum absolute atomic E-state index is 0. The maximum atomic E-state index is 9.62. The van der Waals surface area contributed by atoms with Gasteiger partial charge in [0.25, 0.3) is 0 Å². The highest BCUT2D eigenvalue weighted by Crippen LogP contribution is 2.45. The van der Waals surface area contributed by atoms with Gasteiger partial charge in [0.2, 0.25) is 0 Å². The van der Waals surface area contributed by atoms with Crippen LogP contribution in [-0.4, -0.2) is 35.3 Å². The van der Waals surface area contributed by atoms with Crippen molar-refractivity contribution in [3.05, 3.63) is 21.2 Å². The normalized spacial score (nSPS) is 15.9. The molecule has 0 atom stereocenters. The van der Waals surface area contributed by atoms with Gasteiger partial charge in [-0.2, -0.15) is 0 Å². The molecule has 1 aliphatic rings. The van der Waals surface area contributed by atoms with Gasteiger partial charge < -0.3 is 15.1 Å². The van der Waals surface area contributed by atoms with E-state index < -0.39 is 0 Å². The minimum Gasteiger partial charge on any atom is -0.503 e. The van der Waals surface area contributed by atoms with Crippen LogP contribution in [0.5, 0.6) is 11.5 Å². The Morgan fingerprint density at radius 1 is 0.941 bits per heavy atom.